The van der Waals surface area contributed by atoms with Crippen molar-refractivity contribution in [3.8, 4) is 11.1 Å². The highest BCUT2D eigenvalue weighted by Crippen LogP contribution is 2.45. The molecule has 0 bridgehead atoms. The van der Waals surface area contributed by atoms with Crippen molar-refractivity contribution in [2.75, 3.05) is 30.1 Å². The van der Waals surface area contributed by atoms with E-state index in [4.69, 9.17) is 22.1 Å². The number of hydrogen-bond donors (Lipinski definition) is 3. The van der Waals surface area contributed by atoms with Crippen LogP contribution < -0.4 is 15.4 Å². The van der Waals surface area contributed by atoms with E-state index in [9.17, 15) is 13.2 Å². The molecule has 0 unspecified atom stereocenters. The molecule has 3 aliphatic rings. The molecule has 7 nitrogen and oxygen atoms in total. The Labute approximate surface area is 224 Å². The maximum atomic E-state index is 12.9. The molecule has 2 aromatic rings. The number of likely N-dealkylation sites (tertiary alicyclic amines) is 1. The van der Waals surface area contributed by atoms with E-state index < -0.39 is 21.6 Å². The molecule has 0 atom stereocenters. The zero-order valence-electron chi connectivity index (χ0n) is 21.2. The van der Waals surface area contributed by atoms with Crippen LogP contribution in [0.25, 0.3) is 16.7 Å². The summed E-state index contributed by atoms with van der Waals surface area (Å²) in [5.74, 6) is -0.298. The fourth-order valence-corrected chi connectivity index (χ4v) is 7.35. The minimum Gasteiger partial charge on any atom is -0.449 e. The van der Waals surface area contributed by atoms with Crippen molar-refractivity contribution in [2.24, 2.45) is 5.73 Å². The highest BCUT2D eigenvalue weighted by Gasteiger charge is 2.47. The van der Waals surface area contributed by atoms with E-state index in [1.807, 2.05) is 19.1 Å². The number of anilines is 1. The lowest BCUT2D eigenvalue weighted by Gasteiger charge is -2.32. The Morgan fingerprint density at radius 2 is 1.78 bits per heavy atom. The molecule has 2 aliphatic heterocycles. The minimum absolute atomic E-state index is 0.0925. The van der Waals surface area contributed by atoms with Crippen LogP contribution in [0.2, 0.25) is 5.02 Å². The predicted molar refractivity (Wildman–Crippen MR) is 147 cm³/mol. The van der Waals surface area contributed by atoms with Crippen molar-refractivity contribution in [1.29, 1.82) is 0 Å². The van der Waals surface area contributed by atoms with Gasteiger partial charge in [0.2, 0.25) is 10.0 Å². The van der Waals surface area contributed by atoms with Gasteiger partial charge in [0.15, 0.2) is 5.60 Å². The lowest BCUT2D eigenvalue weighted by Crippen LogP contribution is -3.10. The summed E-state index contributed by atoms with van der Waals surface area (Å²) in [6, 6.07) is 10.9. The fraction of sp³-hybridized carbons (Fsp3) is 0.464. The van der Waals surface area contributed by atoms with Crippen LogP contribution >= 0.6 is 11.6 Å². The number of hydrogen-bond acceptors (Lipinski definition) is 5. The van der Waals surface area contributed by atoms with Gasteiger partial charge in [0.25, 0.3) is 0 Å². The lowest BCUT2D eigenvalue weighted by atomic mass is 9.81. The molecular formula is C28H35ClN3O4S+. The first-order valence-electron chi connectivity index (χ1n) is 13.2. The second-order valence-corrected chi connectivity index (χ2v) is 12.8. The van der Waals surface area contributed by atoms with Crippen molar-refractivity contribution in [1.82, 2.24) is 0 Å². The van der Waals surface area contributed by atoms with Gasteiger partial charge in [-0.3, -0.25) is 4.72 Å². The smallest absolute Gasteiger partial charge is 0.341 e. The third-order valence-corrected chi connectivity index (χ3v) is 9.58. The molecule has 2 fully saturated rings. The Balaban J connectivity index is 1.39. The molecule has 37 heavy (non-hydrogen) atoms. The zero-order valence-corrected chi connectivity index (χ0v) is 22.8. The minimum atomic E-state index is -3.46. The summed E-state index contributed by atoms with van der Waals surface area (Å²) < 4.78 is 34.0. The summed E-state index contributed by atoms with van der Waals surface area (Å²) in [5.41, 5.74) is 10.3. The molecule has 1 saturated carbocycles. The van der Waals surface area contributed by atoms with Gasteiger partial charge in [0.05, 0.1) is 30.9 Å². The second kappa shape index (κ2) is 10.3. The monoisotopic (exact) mass is 544 g/mol. The molecule has 0 radical (unpaired) electrons. The van der Waals surface area contributed by atoms with E-state index in [0.717, 1.165) is 74.7 Å². The maximum Gasteiger partial charge on any atom is 0.341 e. The number of benzene rings is 2. The van der Waals surface area contributed by atoms with E-state index in [1.165, 1.54) is 4.90 Å². The van der Waals surface area contributed by atoms with Crippen LogP contribution in [0.5, 0.6) is 0 Å². The zero-order chi connectivity index (χ0) is 26.2. The van der Waals surface area contributed by atoms with E-state index in [1.54, 1.807) is 24.3 Å². The highest BCUT2D eigenvalue weighted by molar-refractivity contribution is 7.92. The van der Waals surface area contributed by atoms with Gasteiger partial charge in [0, 0.05) is 29.1 Å². The number of ether oxygens (including phenoxy) is 1. The topological polar surface area (TPSA) is 103 Å². The molecular weight excluding hydrogens is 510 g/mol. The van der Waals surface area contributed by atoms with Gasteiger partial charge in [-0.2, -0.15) is 0 Å². The molecule has 2 heterocycles. The van der Waals surface area contributed by atoms with Crippen molar-refractivity contribution in [2.45, 2.75) is 57.5 Å². The summed E-state index contributed by atoms with van der Waals surface area (Å²) >= 11 is 6.74. The number of halogens is 1. The van der Waals surface area contributed by atoms with Gasteiger partial charge in [-0.25, -0.2) is 13.2 Å². The van der Waals surface area contributed by atoms with Crippen LogP contribution in [0.3, 0.4) is 0 Å². The van der Waals surface area contributed by atoms with E-state index in [2.05, 4.69) is 4.72 Å². The summed E-state index contributed by atoms with van der Waals surface area (Å²) in [4.78, 5) is 14.3. The Morgan fingerprint density at radius 1 is 1.05 bits per heavy atom. The number of carbonyl (C=O) groups is 1. The number of carbonyl (C=O) groups excluding carboxylic acids is 1. The molecule has 5 rings (SSSR count). The van der Waals surface area contributed by atoms with Crippen molar-refractivity contribution < 1.29 is 22.8 Å². The highest BCUT2D eigenvalue weighted by atomic mass is 35.5. The van der Waals surface area contributed by atoms with E-state index in [0.29, 0.717) is 34.1 Å². The molecule has 2 aromatic carbocycles. The molecule has 0 amide bonds. The molecule has 1 saturated heterocycles. The Hall–Kier alpha value is -2.55. The standard InChI is InChI=1S/C28H34ClN3O4S/c1-19-16-23(20-8-7-9-21(17-20)31-37(34,35)15-14-32-12-5-6-13-32)24(29)18-22(19)25-26(30)28(36-27(25)33)10-3-2-4-11-28/h7-9,16-18,31H,2-6,10-15,30H2,1H3/p+1. The normalized spacial score (nSPS) is 20.0. The predicted octanol–water partition coefficient (Wildman–Crippen LogP) is 3.67. The number of aryl methyl sites for hydroxylation is 1. The van der Waals surface area contributed by atoms with E-state index in [-0.39, 0.29) is 5.75 Å². The Bertz CT molecular complexity index is 1340. The molecule has 0 aromatic heterocycles. The molecule has 9 heteroatoms. The summed E-state index contributed by atoms with van der Waals surface area (Å²) in [6.07, 6.45) is 6.92. The van der Waals surface area contributed by atoms with Gasteiger partial charge >= 0.3 is 5.97 Å². The van der Waals surface area contributed by atoms with Crippen LogP contribution in [0.15, 0.2) is 42.1 Å². The van der Waals surface area contributed by atoms with Crippen molar-refractivity contribution in [3.05, 3.63) is 58.2 Å². The number of nitrogens with one attached hydrogen (secondary N) is 2. The first kappa shape index (κ1) is 26.1. The van der Waals surface area contributed by atoms with Crippen molar-refractivity contribution >= 4 is 38.9 Å². The molecule has 198 valence electrons. The summed E-state index contributed by atoms with van der Waals surface area (Å²) in [7, 11) is -3.46. The third-order valence-electron chi connectivity index (χ3n) is 7.98. The number of quaternary nitrogens is 1. The Kier molecular flexibility index (Phi) is 7.27. The first-order chi connectivity index (χ1) is 17.7. The number of rotatable bonds is 7. The van der Waals surface area contributed by atoms with Gasteiger partial charge in [0.1, 0.15) is 5.75 Å². The lowest BCUT2D eigenvalue weighted by molar-refractivity contribution is -0.884. The van der Waals surface area contributed by atoms with Crippen LogP contribution in [-0.2, 0) is 19.6 Å². The Morgan fingerprint density at radius 3 is 2.51 bits per heavy atom. The summed E-state index contributed by atoms with van der Waals surface area (Å²) in [6.45, 7) is 4.62. The molecule has 1 spiro atoms. The molecule has 4 N–H and O–H groups in total. The largest absolute Gasteiger partial charge is 0.449 e. The number of sulfonamides is 1. The SMILES string of the molecule is Cc1cc(-c2cccc(NS(=O)(=O)CC[NH+]3CCCC3)c2)c(Cl)cc1C1=C(N)C2(CCCCC2)OC1=O. The van der Waals surface area contributed by atoms with Gasteiger partial charge in [-0.15, -0.1) is 0 Å². The van der Waals surface area contributed by atoms with Crippen LogP contribution in [0.1, 0.15) is 56.1 Å². The van der Waals surface area contributed by atoms with Gasteiger partial charge in [-0.05, 0) is 73.6 Å². The van der Waals surface area contributed by atoms with Crippen LogP contribution in [0.4, 0.5) is 5.69 Å². The van der Waals surface area contributed by atoms with Gasteiger partial charge < -0.3 is 15.4 Å². The number of esters is 1. The number of nitrogens with two attached hydrogens (primary N) is 1. The summed E-state index contributed by atoms with van der Waals surface area (Å²) in [5, 5.41) is 0.455. The molecule has 1 aliphatic carbocycles. The maximum absolute atomic E-state index is 12.9. The quantitative estimate of drug-likeness (QED) is 0.462. The second-order valence-electron chi connectivity index (χ2n) is 10.6. The van der Waals surface area contributed by atoms with Crippen LogP contribution in [0, 0.1) is 6.92 Å². The van der Waals surface area contributed by atoms with Gasteiger partial charge in [-0.1, -0.05) is 30.2 Å². The van der Waals surface area contributed by atoms with Crippen LogP contribution in [-0.4, -0.2) is 45.4 Å². The average Bonchev–Trinajstić information content (AvgIpc) is 3.46. The fourth-order valence-electron chi connectivity index (χ4n) is 5.93. The first-order valence-corrected chi connectivity index (χ1v) is 15.2. The van der Waals surface area contributed by atoms with Crippen molar-refractivity contribution in [3.63, 3.8) is 0 Å². The third kappa shape index (κ3) is 5.38. The van der Waals surface area contributed by atoms with E-state index >= 15 is 0 Å². The average molecular weight is 545 g/mol.